The van der Waals surface area contributed by atoms with Gasteiger partial charge in [-0.2, -0.15) is 0 Å². The monoisotopic (exact) mass is 225 g/mol. The van der Waals surface area contributed by atoms with Crippen LogP contribution in [0.4, 0.5) is 0 Å². The molecule has 0 bridgehead atoms. The summed E-state index contributed by atoms with van der Waals surface area (Å²) >= 11 is 0. The second-order valence-electron chi connectivity index (χ2n) is 4.91. The van der Waals surface area contributed by atoms with Gasteiger partial charge in [0.1, 0.15) is 0 Å². The molecule has 2 aliphatic heterocycles. The molecule has 2 heterocycles. The summed E-state index contributed by atoms with van der Waals surface area (Å²) in [6.45, 7) is 4.68. The Bertz CT molecular complexity index is 238. The van der Waals surface area contributed by atoms with Gasteiger partial charge in [-0.25, -0.2) is 0 Å². The van der Waals surface area contributed by atoms with Crippen molar-refractivity contribution in [1.29, 1.82) is 0 Å². The van der Waals surface area contributed by atoms with E-state index >= 15 is 0 Å². The number of nitrogens with one attached hydrogen (secondary N) is 1. The molecule has 0 saturated carbocycles. The molecule has 16 heavy (non-hydrogen) atoms. The number of likely N-dealkylation sites (tertiary alicyclic amines) is 2. The third-order valence-electron chi connectivity index (χ3n) is 3.74. The first-order chi connectivity index (χ1) is 7.81. The maximum absolute atomic E-state index is 12.0. The van der Waals surface area contributed by atoms with Gasteiger partial charge in [0.05, 0.1) is 6.54 Å². The van der Waals surface area contributed by atoms with E-state index in [1.165, 1.54) is 25.7 Å². The van der Waals surface area contributed by atoms with Gasteiger partial charge >= 0.3 is 0 Å². The Morgan fingerprint density at radius 3 is 2.69 bits per heavy atom. The largest absolute Gasteiger partial charge is 0.342 e. The lowest BCUT2D eigenvalue weighted by Crippen LogP contribution is -2.44. The van der Waals surface area contributed by atoms with Crippen LogP contribution in [-0.2, 0) is 4.79 Å². The SMILES string of the molecule is CNCC1CCCN1CC(=O)N1CCCC1. The smallest absolute Gasteiger partial charge is 0.236 e. The summed E-state index contributed by atoms with van der Waals surface area (Å²) in [6, 6.07) is 0.566. The van der Waals surface area contributed by atoms with E-state index in [9.17, 15) is 4.79 Å². The van der Waals surface area contributed by atoms with Gasteiger partial charge in [0.2, 0.25) is 5.91 Å². The number of carbonyl (C=O) groups excluding carboxylic acids is 1. The second kappa shape index (κ2) is 5.64. The molecular weight excluding hydrogens is 202 g/mol. The molecule has 1 amide bonds. The highest BCUT2D eigenvalue weighted by Gasteiger charge is 2.27. The molecule has 0 aliphatic carbocycles. The highest BCUT2D eigenvalue weighted by molar-refractivity contribution is 5.78. The summed E-state index contributed by atoms with van der Waals surface area (Å²) in [6.07, 6.45) is 4.84. The van der Waals surface area contributed by atoms with E-state index in [0.717, 1.165) is 26.2 Å². The van der Waals surface area contributed by atoms with Crippen LogP contribution in [0.25, 0.3) is 0 Å². The molecule has 92 valence electrons. The lowest BCUT2D eigenvalue weighted by atomic mass is 10.2. The predicted molar refractivity (Wildman–Crippen MR) is 64.3 cm³/mol. The lowest BCUT2D eigenvalue weighted by molar-refractivity contribution is -0.131. The van der Waals surface area contributed by atoms with Crippen LogP contribution in [0.2, 0.25) is 0 Å². The van der Waals surface area contributed by atoms with E-state index < -0.39 is 0 Å². The average molecular weight is 225 g/mol. The van der Waals surface area contributed by atoms with Crippen LogP contribution in [0.1, 0.15) is 25.7 Å². The average Bonchev–Trinajstić information content (AvgIpc) is 2.90. The Morgan fingerprint density at radius 2 is 2.00 bits per heavy atom. The number of likely N-dealkylation sites (N-methyl/N-ethyl adjacent to an activating group) is 1. The van der Waals surface area contributed by atoms with E-state index in [2.05, 4.69) is 10.2 Å². The van der Waals surface area contributed by atoms with Crippen molar-refractivity contribution in [3.8, 4) is 0 Å². The molecule has 0 aromatic rings. The molecule has 2 aliphatic rings. The Balaban J connectivity index is 1.81. The van der Waals surface area contributed by atoms with E-state index in [1.54, 1.807) is 0 Å². The molecule has 0 spiro atoms. The fourth-order valence-corrected chi connectivity index (χ4v) is 2.81. The zero-order valence-electron chi connectivity index (χ0n) is 10.2. The van der Waals surface area contributed by atoms with Gasteiger partial charge in [-0.05, 0) is 39.3 Å². The lowest BCUT2D eigenvalue weighted by Gasteiger charge is -2.26. The van der Waals surface area contributed by atoms with Gasteiger partial charge in [0, 0.05) is 25.7 Å². The van der Waals surface area contributed by atoms with E-state index in [-0.39, 0.29) is 0 Å². The molecule has 2 fully saturated rings. The summed E-state index contributed by atoms with van der Waals surface area (Å²) < 4.78 is 0. The normalized spacial score (nSPS) is 26.6. The summed E-state index contributed by atoms with van der Waals surface area (Å²) in [7, 11) is 1.98. The van der Waals surface area contributed by atoms with Crippen LogP contribution >= 0.6 is 0 Å². The Hall–Kier alpha value is -0.610. The summed E-state index contributed by atoms with van der Waals surface area (Å²) in [5.74, 6) is 0.334. The zero-order valence-corrected chi connectivity index (χ0v) is 10.2. The molecular formula is C12H23N3O. The number of nitrogens with zero attached hydrogens (tertiary/aromatic N) is 2. The molecule has 1 unspecified atom stereocenters. The number of rotatable bonds is 4. The molecule has 1 atom stereocenters. The highest BCUT2D eigenvalue weighted by atomic mass is 16.2. The number of carbonyl (C=O) groups is 1. The third kappa shape index (κ3) is 2.74. The molecule has 4 heteroatoms. The molecule has 1 N–H and O–H groups in total. The van der Waals surface area contributed by atoms with Crippen molar-refractivity contribution in [3.05, 3.63) is 0 Å². The Labute approximate surface area is 98.0 Å². The minimum atomic E-state index is 0.334. The minimum Gasteiger partial charge on any atom is -0.342 e. The third-order valence-corrected chi connectivity index (χ3v) is 3.74. The highest BCUT2D eigenvalue weighted by Crippen LogP contribution is 2.17. The maximum Gasteiger partial charge on any atom is 0.236 e. The number of amides is 1. The van der Waals surface area contributed by atoms with Crippen LogP contribution in [-0.4, -0.2) is 61.5 Å². The van der Waals surface area contributed by atoms with Crippen LogP contribution < -0.4 is 5.32 Å². The van der Waals surface area contributed by atoms with Crippen molar-refractivity contribution in [2.45, 2.75) is 31.7 Å². The maximum atomic E-state index is 12.0. The fourth-order valence-electron chi connectivity index (χ4n) is 2.81. The van der Waals surface area contributed by atoms with Gasteiger partial charge in [-0.3, -0.25) is 9.69 Å². The van der Waals surface area contributed by atoms with Crippen molar-refractivity contribution in [2.75, 3.05) is 39.8 Å². The van der Waals surface area contributed by atoms with Crippen molar-refractivity contribution in [2.24, 2.45) is 0 Å². The molecule has 4 nitrogen and oxygen atoms in total. The summed E-state index contributed by atoms with van der Waals surface area (Å²) in [5, 5.41) is 3.22. The van der Waals surface area contributed by atoms with Gasteiger partial charge in [0.25, 0.3) is 0 Å². The molecule has 0 aromatic carbocycles. The predicted octanol–water partition coefficient (Wildman–Crippen LogP) is 0.293. The fraction of sp³-hybridized carbons (Fsp3) is 0.917. The quantitative estimate of drug-likeness (QED) is 0.747. The Kier molecular flexibility index (Phi) is 4.18. The van der Waals surface area contributed by atoms with Gasteiger partial charge in [0.15, 0.2) is 0 Å². The van der Waals surface area contributed by atoms with E-state index in [4.69, 9.17) is 0 Å². The minimum absolute atomic E-state index is 0.334. The van der Waals surface area contributed by atoms with Crippen LogP contribution in [0.15, 0.2) is 0 Å². The standard InChI is InChI=1S/C12H23N3O/c1-13-9-11-5-4-8-15(11)10-12(16)14-6-2-3-7-14/h11,13H,2-10H2,1H3. The van der Waals surface area contributed by atoms with Crippen molar-refractivity contribution in [1.82, 2.24) is 15.1 Å². The summed E-state index contributed by atoms with van der Waals surface area (Å²) in [5.41, 5.74) is 0. The molecule has 0 radical (unpaired) electrons. The number of hydrogen-bond acceptors (Lipinski definition) is 3. The topological polar surface area (TPSA) is 35.6 Å². The first-order valence-electron chi connectivity index (χ1n) is 6.47. The van der Waals surface area contributed by atoms with E-state index in [1.807, 2.05) is 11.9 Å². The molecule has 2 saturated heterocycles. The second-order valence-corrected chi connectivity index (χ2v) is 4.91. The summed E-state index contributed by atoms with van der Waals surface area (Å²) in [4.78, 5) is 16.4. The van der Waals surface area contributed by atoms with Gasteiger partial charge < -0.3 is 10.2 Å². The van der Waals surface area contributed by atoms with Crippen molar-refractivity contribution >= 4 is 5.91 Å². The van der Waals surface area contributed by atoms with Crippen LogP contribution in [0.3, 0.4) is 0 Å². The number of hydrogen-bond donors (Lipinski definition) is 1. The van der Waals surface area contributed by atoms with Crippen LogP contribution in [0.5, 0.6) is 0 Å². The first-order valence-corrected chi connectivity index (χ1v) is 6.47. The Morgan fingerprint density at radius 1 is 1.25 bits per heavy atom. The molecule has 2 rings (SSSR count). The van der Waals surface area contributed by atoms with Crippen LogP contribution in [0, 0.1) is 0 Å². The van der Waals surface area contributed by atoms with Gasteiger partial charge in [-0.1, -0.05) is 0 Å². The zero-order chi connectivity index (χ0) is 11.4. The molecule has 0 aromatic heterocycles. The van der Waals surface area contributed by atoms with Gasteiger partial charge in [-0.15, -0.1) is 0 Å². The van der Waals surface area contributed by atoms with Crippen molar-refractivity contribution < 1.29 is 4.79 Å². The van der Waals surface area contributed by atoms with E-state index in [0.29, 0.717) is 18.5 Å². The van der Waals surface area contributed by atoms with Crippen molar-refractivity contribution in [3.63, 3.8) is 0 Å². The first kappa shape index (κ1) is 11.9.